The molecule has 2 aromatic carbocycles. The minimum absolute atomic E-state index is 0.0153. The SMILES string of the molecule is COc1ccc(CNc2cccc(-c3sc(C(=O)O)c(OCC(=O)O)c3Br)c2)cc1. The Kier molecular flexibility index (Phi) is 6.96. The first-order valence-electron chi connectivity index (χ1n) is 8.76. The number of carbonyl (C=O) groups is 2. The van der Waals surface area contributed by atoms with Crippen LogP contribution >= 0.6 is 27.3 Å². The largest absolute Gasteiger partial charge is 0.497 e. The molecule has 3 N–H and O–H groups in total. The quantitative estimate of drug-likeness (QED) is 0.388. The Labute approximate surface area is 185 Å². The number of nitrogens with one attached hydrogen (secondary N) is 1. The summed E-state index contributed by atoms with van der Waals surface area (Å²) in [5, 5.41) is 21.6. The van der Waals surface area contributed by atoms with Gasteiger partial charge in [0.2, 0.25) is 0 Å². The Morgan fingerprint density at radius 3 is 2.50 bits per heavy atom. The van der Waals surface area contributed by atoms with Gasteiger partial charge in [0.05, 0.1) is 16.5 Å². The normalized spacial score (nSPS) is 10.5. The molecule has 9 heteroatoms. The van der Waals surface area contributed by atoms with Gasteiger partial charge in [-0.3, -0.25) is 0 Å². The van der Waals surface area contributed by atoms with E-state index in [-0.39, 0.29) is 10.6 Å². The van der Waals surface area contributed by atoms with Crippen LogP contribution < -0.4 is 14.8 Å². The maximum Gasteiger partial charge on any atom is 0.349 e. The fourth-order valence-electron chi connectivity index (χ4n) is 2.70. The van der Waals surface area contributed by atoms with E-state index in [4.69, 9.17) is 14.6 Å². The number of ether oxygens (including phenoxy) is 2. The summed E-state index contributed by atoms with van der Waals surface area (Å²) < 4.78 is 10.8. The molecule has 0 aliphatic carbocycles. The van der Waals surface area contributed by atoms with Crippen molar-refractivity contribution in [2.75, 3.05) is 19.0 Å². The molecule has 7 nitrogen and oxygen atoms in total. The molecule has 0 aliphatic rings. The first kappa shape index (κ1) is 21.7. The lowest BCUT2D eigenvalue weighted by molar-refractivity contribution is -0.139. The van der Waals surface area contributed by atoms with Gasteiger partial charge in [-0.25, -0.2) is 9.59 Å². The standard InChI is InChI=1S/C21H18BrNO6S/c1-28-15-7-5-12(6-8-15)10-23-14-4-2-3-13(9-14)19-17(22)18(29-11-16(24)25)20(30-19)21(26)27/h2-9,23H,10-11H2,1H3,(H,24,25)(H,26,27). The summed E-state index contributed by atoms with van der Waals surface area (Å²) >= 11 is 4.39. The molecule has 0 fully saturated rings. The molecule has 3 rings (SSSR count). The molecular weight excluding hydrogens is 474 g/mol. The molecule has 0 saturated carbocycles. The predicted molar refractivity (Wildman–Crippen MR) is 118 cm³/mol. The van der Waals surface area contributed by atoms with Gasteiger partial charge in [0, 0.05) is 12.2 Å². The third kappa shape index (κ3) is 5.11. The van der Waals surface area contributed by atoms with Crippen molar-refractivity contribution < 1.29 is 29.3 Å². The predicted octanol–water partition coefficient (Wildman–Crippen LogP) is 4.96. The van der Waals surface area contributed by atoms with Crippen LogP contribution in [0.4, 0.5) is 5.69 Å². The molecule has 0 bridgehead atoms. The first-order valence-corrected chi connectivity index (χ1v) is 10.4. The molecule has 0 aliphatic heterocycles. The Morgan fingerprint density at radius 1 is 1.13 bits per heavy atom. The van der Waals surface area contributed by atoms with Crippen LogP contribution in [-0.4, -0.2) is 35.9 Å². The number of halogens is 1. The zero-order valence-corrected chi connectivity index (χ0v) is 18.2. The van der Waals surface area contributed by atoms with Crippen LogP contribution in [0, 0.1) is 0 Å². The monoisotopic (exact) mass is 491 g/mol. The molecule has 0 atom stereocenters. The van der Waals surface area contributed by atoms with Crippen molar-refractivity contribution >= 4 is 44.9 Å². The van der Waals surface area contributed by atoms with E-state index >= 15 is 0 Å². The number of benzene rings is 2. The summed E-state index contributed by atoms with van der Waals surface area (Å²) in [6.45, 7) is -0.0229. The van der Waals surface area contributed by atoms with Crippen LogP contribution in [0.2, 0.25) is 0 Å². The lowest BCUT2D eigenvalue weighted by Crippen LogP contribution is -2.11. The maximum absolute atomic E-state index is 11.6. The minimum atomic E-state index is -1.18. The van der Waals surface area contributed by atoms with Crippen LogP contribution in [-0.2, 0) is 11.3 Å². The Hall–Kier alpha value is -3.04. The first-order chi connectivity index (χ1) is 14.4. The van der Waals surface area contributed by atoms with E-state index in [1.807, 2.05) is 48.5 Å². The summed E-state index contributed by atoms with van der Waals surface area (Å²) in [5.74, 6) is -1.56. The fourth-order valence-corrected chi connectivity index (χ4v) is 4.59. The van der Waals surface area contributed by atoms with Crippen molar-refractivity contribution in [3.05, 3.63) is 63.4 Å². The van der Waals surface area contributed by atoms with Crippen LogP contribution in [0.1, 0.15) is 15.2 Å². The third-order valence-corrected chi connectivity index (χ3v) is 6.35. The maximum atomic E-state index is 11.6. The molecule has 30 heavy (non-hydrogen) atoms. The van der Waals surface area contributed by atoms with Crippen LogP contribution in [0.3, 0.4) is 0 Å². The highest BCUT2D eigenvalue weighted by Crippen LogP contribution is 2.46. The van der Waals surface area contributed by atoms with E-state index in [9.17, 15) is 14.7 Å². The Balaban J connectivity index is 1.83. The van der Waals surface area contributed by atoms with Crippen molar-refractivity contribution in [3.8, 4) is 21.9 Å². The second-order valence-electron chi connectivity index (χ2n) is 6.17. The number of hydrogen-bond acceptors (Lipinski definition) is 6. The van der Waals surface area contributed by atoms with Gasteiger partial charge in [0.15, 0.2) is 17.2 Å². The number of anilines is 1. The third-order valence-electron chi connectivity index (χ3n) is 4.12. The zero-order chi connectivity index (χ0) is 21.7. The van der Waals surface area contributed by atoms with E-state index in [2.05, 4.69) is 21.2 Å². The number of thiophene rings is 1. The number of aromatic carboxylic acids is 1. The highest BCUT2D eigenvalue weighted by Gasteiger charge is 2.24. The van der Waals surface area contributed by atoms with Crippen LogP contribution in [0.5, 0.6) is 11.5 Å². The van der Waals surface area contributed by atoms with E-state index in [0.717, 1.165) is 33.9 Å². The second kappa shape index (κ2) is 9.64. The van der Waals surface area contributed by atoms with Crippen LogP contribution in [0.15, 0.2) is 53.0 Å². The molecule has 0 saturated heterocycles. The minimum Gasteiger partial charge on any atom is -0.497 e. The van der Waals surface area contributed by atoms with Gasteiger partial charge < -0.3 is 25.0 Å². The van der Waals surface area contributed by atoms with Gasteiger partial charge in [-0.2, -0.15) is 0 Å². The van der Waals surface area contributed by atoms with Gasteiger partial charge in [-0.15, -0.1) is 11.3 Å². The second-order valence-corrected chi connectivity index (χ2v) is 7.99. The summed E-state index contributed by atoms with van der Waals surface area (Å²) in [5.41, 5.74) is 2.71. The van der Waals surface area contributed by atoms with Gasteiger partial charge in [0.1, 0.15) is 5.75 Å². The van der Waals surface area contributed by atoms with E-state index in [1.54, 1.807) is 7.11 Å². The molecule has 156 valence electrons. The van der Waals surface area contributed by atoms with Crippen molar-refractivity contribution in [1.29, 1.82) is 0 Å². The Morgan fingerprint density at radius 2 is 1.87 bits per heavy atom. The molecular formula is C21H18BrNO6S. The van der Waals surface area contributed by atoms with Crippen molar-refractivity contribution in [1.82, 2.24) is 0 Å². The molecule has 1 heterocycles. The number of carboxylic acids is 2. The van der Waals surface area contributed by atoms with Crippen LogP contribution in [0.25, 0.3) is 10.4 Å². The zero-order valence-electron chi connectivity index (χ0n) is 15.8. The van der Waals surface area contributed by atoms with Gasteiger partial charge in [0.25, 0.3) is 0 Å². The molecule has 0 unspecified atom stereocenters. The summed E-state index contributed by atoms with van der Waals surface area (Å²) in [6, 6.07) is 15.2. The highest BCUT2D eigenvalue weighted by molar-refractivity contribution is 9.10. The van der Waals surface area contributed by atoms with Crippen molar-refractivity contribution in [2.45, 2.75) is 6.54 Å². The van der Waals surface area contributed by atoms with E-state index in [0.29, 0.717) is 15.9 Å². The Bertz CT molecular complexity index is 1060. The molecule has 0 amide bonds. The lowest BCUT2D eigenvalue weighted by atomic mass is 10.1. The number of rotatable bonds is 9. The van der Waals surface area contributed by atoms with Gasteiger partial charge in [-0.05, 0) is 51.3 Å². The highest BCUT2D eigenvalue weighted by atomic mass is 79.9. The summed E-state index contributed by atoms with van der Waals surface area (Å²) in [6.07, 6.45) is 0. The number of aliphatic carboxylic acids is 1. The van der Waals surface area contributed by atoms with E-state index < -0.39 is 18.5 Å². The summed E-state index contributed by atoms with van der Waals surface area (Å²) in [4.78, 5) is 23.0. The molecule has 3 aromatic rings. The fraction of sp³-hybridized carbons (Fsp3) is 0.143. The van der Waals surface area contributed by atoms with Crippen molar-refractivity contribution in [3.63, 3.8) is 0 Å². The lowest BCUT2D eigenvalue weighted by Gasteiger charge is -2.09. The van der Waals surface area contributed by atoms with Gasteiger partial charge in [-0.1, -0.05) is 24.3 Å². The number of carboxylic acid groups (broad SMARTS) is 2. The number of methoxy groups -OCH3 is 1. The number of hydrogen-bond donors (Lipinski definition) is 3. The van der Waals surface area contributed by atoms with E-state index in [1.165, 1.54) is 0 Å². The van der Waals surface area contributed by atoms with Gasteiger partial charge >= 0.3 is 11.9 Å². The molecule has 0 radical (unpaired) electrons. The average molecular weight is 492 g/mol. The smallest absolute Gasteiger partial charge is 0.349 e. The summed E-state index contributed by atoms with van der Waals surface area (Å²) in [7, 11) is 1.62. The van der Waals surface area contributed by atoms with Crippen molar-refractivity contribution in [2.24, 2.45) is 0 Å². The molecule has 0 spiro atoms. The topological polar surface area (TPSA) is 105 Å². The molecule has 1 aromatic heterocycles. The average Bonchev–Trinajstić information content (AvgIpc) is 3.08.